The van der Waals surface area contributed by atoms with E-state index >= 15 is 0 Å². The molecule has 5 rings (SSSR count). The molecule has 148 valence electrons. The molecule has 0 aromatic heterocycles. The molecule has 5 heteroatoms. The summed E-state index contributed by atoms with van der Waals surface area (Å²) in [5.41, 5.74) is 4.70. The summed E-state index contributed by atoms with van der Waals surface area (Å²) in [4.78, 5) is 24.7. The van der Waals surface area contributed by atoms with Crippen LogP contribution in [0.2, 0.25) is 0 Å². The second-order valence-corrected chi connectivity index (χ2v) is 7.90. The summed E-state index contributed by atoms with van der Waals surface area (Å²) in [5.74, 6) is 1.01. The summed E-state index contributed by atoms with van der Waals surface area (Å²) in [7, 11) is 0. The van der Waals surface area contributed by atoms with Crippen molar-refractivity contribution in [3.63, 3.8) is 0 Å². The number of guanidine groups is 1. The lowest BCUT2D eigenvalue weighted by atomic mass is 10.00. The van der Waals surface area contributed by atoms with Crippen molar-refractivity contribution in [3.8, 4) is 0 Å². The normalized spacial score (nSPS) is 19.3. The number of rotatable bonds is 5. The van der Waals surface area contributed by atoms with E-state index in [-0.39, 0.29) is 5.91 Å². The summed E-state index contributed by atoms with van der Waals surface area (Å²) >= 11 is 0. The van der Waals surface area contributed by atoms with E-state index in [1.165, 1.54) is 16.8 Å². The van der Waals surface area contributed by atoms with Gasteiger partial charge >= 0.3 is 0 Å². The molecule has 0 saturated heterocycles. The SMILES string of the molecule is O=C1C2=C(CCN(Cc3ccccc3)C2)N2CCN=C2N1CCc1ccccc1. The van der Waals surface area contributed by atoms with Crippen molar-refractivity contribution >= 4 is 11.9 Å². The van der Waals surface area contributed by atoms with Crippen LogP contribution < -0.4 is 0 Å². The fourth-order valence-electron chi connectivity index (χ4n) is 4.54. The van der Waals surface area contributed by atoms with Crippen LogP contribution in [0, 0.1) is 0 Å². The van der Waals surface area contributed by atoms with Crippen molar-refractivity contribution in [1.82, 2.24) is 14.7 Å². The van der Waals surface area contributed by atoms with E-state index in [2.05, 4.69) is 63.3 Å². The van der Waals surface area contributed by atoms with Crippen molar-refractivity contribution < 1.29 is 4.79 Å². The van der Waals surface area contributed by atoms with Crippen LogP contribution in [0.5, 0.6) is 0 Å². The number of benzene rings is 2. The van der Waals surface area contributed by atoms with Crippen LogP contribution in [0.4, 0.5) is 0 Å². The maximum atomic E-state index is 13.5. The van der Waals surface area contributed by atoms with Gasteiger partial charge in [0.2, 0.25) is 5.96 Å². The number of hydrogen-bond donors (Lipinski definition) is 0. The molecule has 0 aliphatic carbocycles. The van der Waals surface area contributed by atoms with E-state index in [1.54, 1.807) is 0 Å². The smallest absolute Gasteiger partial charge is 0.259 e. The third-order valence-corrected chi connectivity index (χ3v) is 6.00. The molecule has 5 nitrogen and oxygen atoms in total. The quantitative estimate of drug-likeness (QED) is 0.793. The van der Waals surface area contributed by atoms with E-state index in [9.17, 15) is 4.79 Å². The van der Waals surface area contributed by atoms with Crippen LogP contribution >= 0.6 is 0 Å². The zero-order valence-corrected chi connectivity index (χ0v) is 16.6. The lowest BCUT2D eigenvalue weighted by molar-refractivity contribution is -0.125. The monoisotopic (exact) mass is 386 g/mol. The molecule has 2 aromatic carbocycles. The van der Waals surface area contributed by atoms with E-state index in [4.69, 9.17) is 0 Å². The van der Waals surface area contributed by atoms with Crippen molar-refractivity contribution in [2.45, 2.75) is 19.4 Å². The zero-order valence-electron chi connectivity index (χ0n) is 16.6. The molecule has 2 aromatic rings. The van der Waals surface area contributed by atoms with Gasteiger partial charge in [-0.05, 0) is 17.5 Å². The van der Waals surface area contributed by atoms with Gasteiger partial charge in [-0.25, -0.2) is 0 Å². The minimum absolute atomic E-state index is 0.144. The topological polar surface area (TPSA) is 39.2 Å². The summed E-state index contributed by atoms with van der Waals surface area (Å²) in [6.45, 7) is 4.92. The Kier molecular flexibility index (Phi) is 4.90. The molecular weight excluding hydrogens is 360 g/mol. The zero-order chi connectivity index (χ0) is 19.6. The molecule has 0 atom stereocenters. The highest BCUT2D eigenvalue weighted by Gasteiger charge is 2.40. The molecule has 1 amide bonds. The van der Waals surface area contributed by atoms with Gasteiger partial charge in [0, 0.05) is 44.8 Å². The summed E-state index contributed by atoms with van der Waals surface area (Å²) in [6, 6.07) is 20.9. The lowest BCUT2D eigenvalue weighted by Gasteiger charge is -2.42. The first-order valence-corrected chi connectivity index (χ1v) is 10.5. The number of carbonyl (C=O) groups excluding carboxylic acids is 1. The van der Waals surface area contributed by atoms with Gasteiger partial charge in [0.05, 0.1) is 12.1 Å². The van der Waals surface area contributed by atoms with Gasteiger partial charge in [-0.2, -0.15) is 0 Å². The minimum Gasteiger partial charge on any atom is -0.314 e. The van der Waals surface area contributed by atoms with E-state index in [0.717, 1.165) is 50.6 Å². The molecule has 3 aliphatic rings. The molecule has 0 saturated carbocycles. The standard InChI is InChI=1S/C24H26N4O/c29-23-21-18-26(17-20-9-5-2-6-10-20)14-12-22(21)27-16-13-25-24(27)28(23)15-11-19-7-3-1-4-8-19/h1-10H,11-18H2. The minimum atomic E-state index is 0.144. The van der Waals surface area contributed by atoms with E-state index < -0.39 is 0 Å². The van der Waals surface area contributed by atoms with Gasteiger partial charge in [0.25, 0.3) is 5.91 Å². The maximum Gasteiger partial charge on any atom is 0.259 e. The Hall–Kier alpha value is -2.92. The fraction of sp³-hybridized carbons (Fsp3) is 0.333. The molecule has 0 bridgehead atoms. The van der Waals surface area contributed by atoms with E-state index in [0.29, 0.717) is 13.1 Å². The Bertz CT molecular complexity index is 951. The number of hydrogen-bond acceptors (Lipinski definition) is 4. The highest BCUT2D eigenvalue weighted by Crippen LogP contribution is 2.31. The van der Waals surface area contributed by atoms with Crippen molar-refractivity contribution in [2.24, 2.45) is 4.99 Å². The van der Waals surface area contributed by atoms with Gasteiger partial charge in [0.15, 0.2) is 0 Å². The maximum absolute atomic E-state index is 13.5. The third kappa shape index (κ3) is 3.58. The predicted octanol–water partition coefficient (Wildman–Crippen LogP) is 2.90. The average Bonchev–Trinajstić information content (AvgIpc) is 3.25. The number of nitrogens with zero attached hydrogens (tertiary/aromatic N) is 4. The fourth-order valence-corrected chi connectivity index (χ4v) is 4.54. The highest BCUT2D eigenvalue weighted by atomic mass is 16.2. The van der Waals surface area contributed by atoms with Crippen molar-refractivity contribution in [1.29, 1.82) is 0 Å². The van der Waals surface area contributed by atoms with Crippen LogP contribution in [0.3, 0.4) is 0 Å². The second kappa shape index (κ2) is 7.84. The first-order valence-electron chi connectivity index (χ1n) is 10.5. The molecule has 3 aliphatic heterocycles. The van der Waals surface area contributed by atoms with Gasteiger partial charge < -0.3 is 4.90 Å². The first-order chi connectivity index (χ1) is 14.3. The lowest BCUT2D eigenvalue weighted by Crippen LogP contribution is -2.54. The Balaban J connectivity index is 1.35. The van der Waals surface area contributed by atoms with Gasteiger partial charge in [-0.3, -0.25) is 19.6 Å². The molecule has 0 fully saturated rings. The molecule has 3 heterocycles. The van der Waals surface area contributed by atoms with Crippen LogP contribution in [0.25, 0.3) is 0 Å². The number of carbonyl (C=O) groups is 1. The van der Waals surface area contributed by atoms with Crippen molar-refractivity contribution in [2.75, 3.05) is 32.7 Å². The van der Waals surface area contributed by atoms with Crippen molar-refractivity contribution in [3.05, 3.63) is 83.1 Å². The van der Waals surface area contributed by atoms with Crippen LogP contribution in [-0.4, -0.2) is 59.3 Å². The van der Waals surface area contributed by atoms with Gasteiger partial charge in [0.1, 0.15) is 0 Å². The van der Waals surface area contributed by atoms with Gasteiger partial charge in [-0.15, -0.1) is 0 Å². The molecular formula is C24H26N4O. The van der Waals surface area contributed by atoms with Crippen LogP contribution in [0.15, 0.2) is 76.9 Å². The molecule has 0 spiro atoms. The Morgan fingerprint density at radius 1 is 0.897 bits per heavy atom. The van der Waals surface area contributed by atoms with Crippen LogP contribution in [0.1, 0.15) is 17.5 Å². The Labute approximate surface area is 171 Å². The second-order valence-electron chi connectivity index (χ2n) is 7.90. The number of aliphatic imine (C=N–C) groups is 1. The average molecular weight is 386 g/mol. The summed E-state index contributed by atoms with van der Waals surface area (Å²) < 4.78 is 0. The molecule has 0 N–H and O–H groups in total. The third-order valence-electron chi connectivity index (χ3n) is 6.00. The molecule has 0 radical (unpaired) electrons. The molecule has 29 heavy (non-hydrogen) atoms. The number of fused-ring (bicyclic) bond motifs is 2. The van der Waals surface area contributed by atoms with E-state index in [1.807, 2.05) is 17.0 Å². The van der Waals surface area contributed by atoms with Gasteiger partial charge in [-0.1, -0.05) is 60.7 Å². The first kappa shape index (κ1) is 18.1. The Morgan fingerprint density at radius 3 is 2.38 bits per heavy atom. The summed E-state index contributed by atoms with van der Waals surface area (Å²) in [5, 5.41) is 0. The predicted molar refractivity (Wildman–Crippen MR) is 114 cm³/mol. The van der Waals surface area contributed by atoms with Crippen LogP contribution in [-0.2, 0) is 17.8 Å². The highest BCUT2D eigenvalue weighted by molar-refractivity contribution is 6.09. The summed E-state index contributed by atoms with van der Waals surface area (Å²) in [6.07, 6.45) is 1.76. The Morgan fingerprint density at radius 2 is 1.62 bits per heavy atom. The number of amides is 1. The largest absolute Gasteiger partial charge is 0.314 e. The molecule has 0 unspecified atom stereocenters.